The maximum Gasteiger partial charge on any atom is 0.308 e. The van der Waals surface area contributed by atoms with Crippen molar-refractivity contribution < 1.29 is 9.90 Å². The lowest BCUT2D eigenvalue weighted by atomic mass is 10.0. The fraction of sp³-hybridized carbons (Fsp3) is 0.615. The first-order valence-electron chi connectivity index (χ1n) is 6.55. The fourth-order valence-corrected chi connectivity index (χ4v) is 2.68. The molecule has 5 heteroatoms. The number of aromatic nitrogens is 2. The second-order valence-electron chi connectivity index (χ2n) is 5.25. The van der Waals surface area contributed by atoms with Gasteiger partial charge in [-0.3, -0.25) is 4.79 Å². The number of hydrogen-bond donors (Lipinski definition) is 2. The largest absolute Gasteiger partial charge is 0.481 e. The highest BCUT2D eigenvalue weighted by Gasteiger charge is 2.43. The first kappa shape index (κ1) is 11.4. The molecule has 1 aromatic rings. The number of carbonyl (C=O) groups is 1. The van der Waals surface area contributed by atoms with Crippen LogP contribution in [0.25, 0.3) is 0 Å². The monoisotopic (exact) mass is 247 g/mol. The van der Waals surface area contributed by atoms with Crippen LogP contribution in [0.5, 0.6) is 0 Å². The Morgan fingerprint density at radius 2 is 1.94 bits per heavy atom. The van der Waals surface area contributed by atoms with Crippen molar-refractivity contribution in [3.63, 3.8) is 0 Å². The van der Waals surface area contributed by atoms with Crippen LogP contribution in [-0.2, 0) is 4.79 Å². The van der Waals surface area contributed by atoms with Gasteiger partial charge in [-0.25, -0.2) is 9.97 Å². The molecule has 0 saturated heterocycles. The van der Waals surface area contributed by atoms with Crippen LogP contribution >= 0.6 is 0 Å². The molecule has 96 valence electrons. The summed E-state index contributed by atoms with van der Waals surface area (Å²) in [5, 5.41) is 11.9. The summed E-state index contributed by atoms with van der Waals surface area (Å²) in [4.78, 5) is 19.3. The van der Waals surface area contributed by atoms with Crippen LogP contribution in [0.4, 0.5) is 5.95 Å². The van der Waals surface area contributed by atoms with Crippen molar-refractivity contribution in [1.82, 2.24) is 9.97 Å². The summed E-state index contributed by atoms with van der Waals surface area (Å²) in [6.45, 7) is 0. The molecule has 2 atom stereocenters. The van der Waals surface area contributed by atoms with Crippen molar-refractivity contribution >= 4 is 11.9 Å². The van der Waals surface area contributed by atoms with Gasteiger partial charge in [0.05, 0.1) is 5.92 Å². The van der Waals surface area contributed by atoms with E-state index in [9.17, 15) is 4.79 Å². The molecule has 2 fully saturated rings. The molecular weight excluding hydrogens is 230 g/mol. The van der Waals surface area contributed by atoms with Gasteiger partial charge in [-0.15, -0.1) is 0 Å². The lowest BCUT2D eigenvalue weighted by Crippen LogP contribution is -2.12. The average molecular weight is 247 g/mol. The van der Waals surface area contributed by atoms with Crippen molar-refractivity contribution in [2.24, 2.45) is 5.92 Å². The van der Waals surface area contributed by atoms with Crippen LogP contribution in [0.2, 0.25) is 0 Å². The molecule has 0 radical (unpaired) electrons. The summed E-state index contributed by atoms with van der Waals surface area (Å²) in [6, 6.07) is -0.000157. The maximum absolute atomic E-state index is 10.7. The zero-order chi connectivity index (χ0) is 12.5. The minimum absolute atomic E-state index is 0.000157. The number of anilines is 1. The van der Waals surface area contributed by atoms with Crippen LogP contribution in [0.3, 0.4) is 0 Å². The molecule has 2 unspecified atom stereocenters. The van der Waals surface area contributed by atoms with E-state index >= 15 is 0 Å². The first-order valence-corrected chi connectivity index (χ1v) is 6.55. The highest BCUT2D eigenvalue weighted by Crippen LogP contribution is 2.34. The quantitative estimate of drug-likeness (QED) is 0.851. The van der Waals surface area contributed by atoms with Crippen LogP contribution in [0.15, 0.2) is 12.4 Å². The van der Waals surface area contributed by atoms with Crippen molar-refractivity contribution in [3.8, 4) is 0 Å². The second-order valence-corrected chi connectivity index (χ2v) is 5.25. The molecule has 0 amide bonds. The van der Waals surface area contributed by atoms with Gasteiger partial charge in [-0.2, -0.15) is 0 Å². The third-order valence-electron chi connectivity index (χ3n) is 3.92. The molecule has 2 aliphatic carbocycles. The Balaban J connectivity index is 1.59. The molecular formula is C13H17N3O2. The molecule has 5 nitrogen and oxygen atoms in total. The zero-order valence-electron chi connectivity index (χ0n) is 10.2. The topological polar surface area (TPSA) is 75.1 Å². The molecule has 0 aliphatic heterocycles. The Kier molecular flexibility index (Phi) is 2.89. The summed E-state index contributed by atoms with van der Waals surface area (Å²) in [6.07, 6.45) is 9.50. The Labute approximate surface area is 106 Å². The van der Waals surface area contributed by atoms with Crippen molar-refractivity contribution in [2.75, 3.05) is 5.32 Å². The first-order chi connectivity index (χ1) is 8.74. The molecule has 0 aromatic carbocycles. The zero-order valence-corrected chi connectivity index (χ0v) is 10.2. The van der Waals surface area contributed by atoms with E-state index in [2.05, 4.69) is 15.3 Å². The summed E-state index contributed by atoms with van der Waals surface area (Å²) in [7, 11) is 0. The molecule has 0 spiro atoms. The fourth-order valence-electron chi connectivity index (χ4n) is 2.68. The average Bonchev–Trinajstić information content (AvgIpc) is 2.92. The van der Waals surface area contributed by atoms with Crippen LogP contribution in [0, 0.1) is 5.92 Å². The lowest BCUT2D eigenvalue weighted by Gasteiger charge is -2.09. The molecule has 1 heterocycles. The molecule has 1 aromatic heterocycles. The van der Waals surface area contributed by atoms with Crippen LogP contribution in [-0.4, -0.2) is 27.1 Å². The van der Waals surface area contributed by atoms with Gasteiger partial charge in [-0.1, -0.05) is 12.8 Å². The van der Waals surface area contributed by atoms with Gasteiger partial charge in [0.25, 0.3) is 0 Å². The van der Waals surface area contributed by atoms with Gasteiger partial charge in [0.1, 0.15) is 0 Å². The van der Waals surface area contributed by atoms with Gasteiger partial charge in [0, 0.05) is 18.4 Å². The predicted molar refractivity (Wildman–Crippen MR) is 66.4 cm³/mol. The van der Waals surface area contributed by atoms with E-state index in [1.54, 1.807) is 0 Å². The molecule has 2 aliphatic rings. The summed E-state index contributed by atoms with van der Waals surface area (Å²) >= 11 is 0. The van der Waals surface area contributed by atoms with Gasteiger partial charge in [0.2, 0.25) is 5.95 Å². The molecule has 18 heavy (non-hydrogen) atoms. The SMILES string of the molecule is O=C(O)C1CC1Nc1ncc(C2CCCC2)cn1. The third kappa shape index (κ3) is 2.30. The lowest BCUT2D eigenvalue weighted by molar-refractivity contribution is -0.138. The molecule has 3 rings (SSSR count). The van der Waals surface area contributed by atoms with E-state index in [0.717, 1.165) is 0 Å². The standard InChI is InChI=1S/C13H17N3O2/c17-12(18)10-5-11(10)16-13-14-6-9(7-15-13)8-3-1-2-4-8/h6-8,10-11H,1-5H2,(H,17,18)(H,14,15,16). The van der Waals surface area contributed by atoms with E-state index in [1.807, 2.05) is 12.4 Å². The third-order valence-corrected chi connectivity index (χ3v) is 3.92. The normalized spacial score (nSPS) is 27.1. The second kappa shape index (κ2) is 4.55. The van der Waals surface area contributed by atoms with E-state index in [4.69, 9.17) is 5.11 Å². The van der Waals surface area contributed by atoms with Gasteiger partial charge >= 0.3 is 5.97 Å². The van der Waals surface area contributed by atoms with Crippen molar-refractivity contribution in [1.29, 1.82) is 0 Å². The molecule has 0 bridgehead atoms. The van der Waals surface area contributed by atoms with Crippen LogP contribution < -0.4 is 5.32 Å². The summed E-state index contributed by atoms with van der Waals surface area (Å²) < 4.78 is 0. The number of hydrogen-bond acceptors (Lipinski definition) is 4. The number of carboxylic acid groups (broad SMARTS) is 1. The van der Waals surface area contributed by atoms with Gasteiger partial charge < -0.3 is 10.4 Å². The maximum atomic E-state index is 10.7. The Bertz CT molecular complexity index is 440. The smallest absolute Gasteiger partial charge is 0.308 e. The van der Waals surface area contributed by atoms with E-state index in [0.29, 0.717) is 18.3 Å². The Morgan fingerprint density at radius 3 is 2.50 bits per heavy atom. The van der Waals surface area contributed by atoms with Gasteiger partial charge in [-0.05, 0) is 30.7 Å². The van der Waals surface area contributed by atoms with Gasteiger partial charge in [0.15, 0.2) is 0 Å². The highest BCUT2D eigenvalue weighted by molar-refractivity contribution is 5.75. The highest BCUT2D eigenvalue weighted by atomic mass is 16.4. The van der Waals surface area contributed by atoms with E-state index in [-0.39, 0.29) is 12.0 Å². The van der Waals surface area contributed by atoms with Crippen LogP contribution in [0.1, 0.15) is 43.6 Å². The number of aliphatic carboxylic acids is 1. The number of nitrogens with zero attached hydrogens (tertiary/aromatic N) is 2. The Morgan fingerprint density at radius 1 is 1.28 bits per heavy atom. The summed E-state index contributed by atoms with van der Waals surface area (Å²) in [5.41, 5.74) is 1.21. The summed E-state index contributed by atoms with van der Waals surface area (Å²) in [5.74, 6) is 0.149. The minimum Gasteiger partial charge on any atom is -0.481 e. The van der Waals surface area contributed by atoms with Crippen molar-refractivity contribution in [2.45, 2.75) is 44.1 Å². The van der Waals surface area contributed by atoms with E-state index < -0.39 is 5.97 Å². The number of carboxylic acids is 1. The number of nitrogens with one attached hydrogen (secondary N) is 1. The minimum atomic E-state index is -0.741. The van der Waals surface area contributed by atoms with Crippen molar-refractivity contribution in [3.05, 3.63) is 18.0 Å². The predicted octanol–water partition coefficient (Wildman–Crippen LogP) is 2.02. The number of rotatable bonds is 4. The Hall–Kier alpha value is -1.65. The van der Waals surface area contributed by atoms with E-state index in [1.165, 1.54) is 31.2 Å². The molecule has 2 saturated carbocycles. The molecule has 2 N–H and O–H groups in total.